The molecular formula is C16H20O6. The van der Waals surface area contributed by atoms with E-state index in [0.717, 1.165) is 0 Å². The third kappa shape index (κ3) is 2.06. The van der Waals surface area contributed by atoms with Gasteiger partial charge in [0.1, 0.15) is 5.75 Å². The van der Waals surface area contributed by atoms with Crippen molar-refractivity contribution < 1.29 is 29.2 Å². The van der Waals surface area contributed by atoms with Crippen molar-refractivity contribution in [2.45, 2.75) is 32.7 Å². The molecule has 3 rings (SSSR count). The van der Waals surface area contributed by atoms with E-state index in [1.54, 1.807) is 13.8 Å². The maximum Gasteiger partial charge on any atom is 0.172 e. The minimum Gasteiger partial charge on any atom is -0.507 e. The number of methoxy groups -OCH3 is 1. The number of carbonyl (C=O) groups excluding carboxylic acids is 1. The Labute approximate surface area is 128 Å². The summed E-state index contributed by atoms with van der Waals surface area (Å²) in [4.78, 5) is 12.7. The van der Waals surface area contributed by atoms with Crippen LogP contribution in [0.15, 0.2) is 6.07 Å². The first-order chi connectivity index (χ1) is 10.3. The van der Waals surface area contributed by atoms with E-state index in [1.807, 2.05) is 6.92 Å². The molecule has 0 saturated carbocycles. The van der Waals surface area contributed by atoms with Crippen LogP contribution in [0.2, 0.25) is 0 Å². The first kappa shape index (κ1) is 15.1. The molecule has 2 aliphatic rings. The molecule has 0 amide bonds. The highest BCUT2D eigenvalue weighted by Crippen LogP contribution is 2.52. The van der Waals surface area contributed by atoms with Crippen molar-refractivity contribution in [3.63, 3.8) is 0 Å². The van der Waals surface area contributed by atoms with Crippen molar-refractivity contribution in [3.8, 4) is 17.2 Å². The average Bonchev–Trinajstić information content (AvgIpc) is 2.53. The predicted molar refractivity (Wildman–Crippen MR) is 77.2 cm³/mol. The Hall–Kier alpha value is -1.79. The lowest BCUT2D eigenvalue weighted by molar-refractivity contribution is -0.228. The Morgan fingerprint density at radius 2 is 2.05 bits per heavy atom. The van der Waals surface area contributed by atoms with E-state index in [-0.39, 0.29) is 46.7 Å². The number of phenolic OH excluding ortho intramolecular Hbond substituents is 2. The van der Waals surface area contributed by atoms with Crippen LogP contribution < -0.4 is 4.74 Å². The quantitative estimate of drug-likeness (QED) is 0.775. The van der Waals surface area contributed by atoms with Crippen LogP contribution in [0.5, 0.6) is 17.2 Å². The Morgan fingerprint density at radius 3 is 2.68 bits per heavy atom. The van der Waals surface area contributed by atoms with Crippen LogP contribution in [0.3, 0.4) is 0 Å². The number of fused-ring (bicyclic) bond motifs is 4. The molecule has 0 aromatic heterocycles. The molecule has 1 fully saturated rings. The second-order valence-corrected chi connectivity index (χ2v) is 6.31. The summed E-state index contributed by atoms with van der Waals surface area (Å²) in [5.41, 5.74) is 0.386. The van der Waals surface area contributed by atoms with Crippen molar-refractivity contribution in [2.75, 3.05) is 13.7 Å². The lowest BCUT2D eigenvalue weighted by Crippen LogP contribution is -2.35. The summed E-state index contributed by atoms with van der Waals surface area (Å²) in [7, 11) is 1.39. The van der Waals surface area contributed by atoms with Crippen molar-refractivity contribution >= 4 is 5.78 Å². The summed E-state index contributed by atoms with van der Waals surface area (Å²) in [6.07, 6.45) is -0.559. The molecule has 0 spiro atoms. The highest BCUT2D eigenvalue weighted by molar-refractivity contribution is 6.04. The van der Waals surface area contributed by atoms with Gasteiger partial charge in [0.15, 0.2) is 23.1 Å². The van der Waals surface area contributed by atoms with Gasteiger partial charge in [0.05, 0.1) is 31.3 Å². The lowest BCUT2D eigenvalue weighted by Gasteiger charge is -2.35. The summed E-state index contributed by atoms with van der Waals surface area (Å²) in [6, 6.07) is 1.25. The summed E-state index contributed by atoms with van der Waals surface area (Å²) in [6.45, 7) is 5.63. The van der Waals surface area contributed by atoms with Crippen molar-refractivity contribution in [1.29, 1.82) is 0 Å². The van der Waals surface area contributed by atoms with Crippen LogP contribution >= 0.6 is 0 Å². The van der Waals surface area contributed by atoms with Crippen LogP contribution in [0.4, 0.5) is 0 Å². The SMILES string of the molecule is COc1cc(O)c2c(c1O)[C@H]1OC(C)(C)OC[C@@H](C2=O)[C@@H]1C. The number of hydrogen-bond donors (Lipinski definition) is 2. The van der Waals surface area contributed by atoms with Crippen LogP contribution in [0.1, 0.15) is 42.8 Å². The third-order valence-electron chi connectivity index (χ3n) is 4.50. The molecule has 22 heavy (non-hydrogen) atoms. The number of benzene rings is 1. The maximum absolute atomic E-state index is 12.7. The molecular weight excluding hydrogens is 288 g/mol. The molecule has 120 valence electrons. The van der Waals surface area contributed by atoms with E-state index in [1.165, 1.54) is 13.2 Å². The largest absolute Gasteiger partial charge is 0.507 e. The monoisotopic (exact) mass is 308 g/mol. The van der Waals surface area contributed by atoms with Crippen LogP contribution in [0.25, 0.3) is 0 Å². The molecule has 1 aliphatic carbocycles. The number of Topliss-reactive ketones (excluding diaryl/α,β-unsaturated/α-hetero) is 1. The van der Waals surface area contributed by atoms with Crippen molar-refractivity contribution in [3.05, 3.63) is 17.2 Å². The van der Waals surface area contributed by atoms with Gasteiger partial charge in [0.2, 0.25) is 0 Å². The van der Waals surface area contributed by atoms with Gasteiger partial charge in [0, 0.05) is 11.6 Å². The van der Waals surface area contributed by atoms with E-state index < -0.39 is 17.8 Å². The highest BCUT2D eigenvalue weighted by atomic mass is 16.7. The van der Waals surface area contributed by atoms with E-state index in [0.29, 0.717) is 0 Å². The molecule has 2 bridgehead atoms. The van der Waals surface area contributed by atoms with Crippen molar-refractivity contribution in [2.24, 2.45) is 11.8 Å². The normalized spacial score (nSPS) is 29.6. The fraction of sp³-hybridized carbons (Fsp3) is 0.562. The minimum atomic E-state index is -0.888. The minimum absolute atomic E-state index is 0.104. The first-order valence-electron chi connectivity index (χ1n) is 7.25. The zero-order valence-corrected chi connectivity index (χ0v) is 13.0. The second kappa shape index (κ2) is 4.86. The van der Waals surface area contributed by atoms with Gasteiger partial charge < -0.3 is 24.4 Å². The number of ether oxygens (including phenoxy) is 3. The van der Waals surface area contributed by atoms with Crippen molar-refractivity contribution in [1.82, 2.24) is 0 Å². The van der Waals surface area contributed by atoms with Gasteiger partial charge in [-0.3, -0.25) is 4.79 Å². The van der Waals surface area contributed by atoms with Gasteiger partial charge in [-0.15, -0.1) is 0 Å². The van der Waals surface area contributed by atoms with Crippen LogP contribution in [-0.2, 0) is 9.47 Å². The molecule has 0 radical (unpaired) electrons. The molecule has 3 atom stereocenters. The van der Waals surface area contributed by atoms with Gasteiger partial charge in [0.25, 0.3) is 0 Å². The zero-order chi connectivity index (χ0) is 16.2. The fourth-order valence-electron chi connectivity index (χ4n) is 3.27. The van der Waals surface area contributed by atoms with E-state index in [9.17, 15) is 15.0 Å². The van der Waals surface area contributed by atoms with Gasteiger partial charge in [-0.1, -0.05) is 6.92 Å². The third-order valence-corrected chi connectivity index (χ3v) is 4.50. The van der Waals surface area contributed by atoms with E-state index >= 15 is 0 Å². The maximum atomic E-state index is 12.7. The highest BCUT2D eigenvalue weighted by Gasteiger charge is 2.49. The topological polar surface area (TPSA) is 85.2 Å². The first-order valence-corrected chi connectivity index (χ1v) is 7.25. The van der Waals surface area contributed by atoms with Gasteiger partial charge in [-0.05, 0) is 19.8 Å². The van der Waals surface area contributed by atoms with Gasteiger partial charge in [-0.25, -0.2) is 0 Å². The van der Waals surface area contributed by atoms with E-state index in [4.69, 9.17) is 14.2 Å². The number of aromatic hydroxyl groups is 2. The summed E-state index contributed by atoms with van der Waals surface area (Å²) in [5, 5.41) is 20.7. The van der Waals surface area contributed by atoms with Gasteiger partial charge >= 0.3 is 0 Å². The number of carbonyl (C=O) groups is 1. The molecule has 1 aromatic rings. The molecule has 1 heterocycles. The molecule has 1 aliphatic heterocycles. The standard InChI is InChI=1S/C16H20O6/c1-7-8-6-21-16(2,3)22-15(7)12-11(13(8)18)9(17)5-10(20-4)14(12)19/h5,7-8,15,17,19H,6H2,1-4H3/t7-,8+,15-/m0/s1. The second-order valence-electron chi connectivity index (χ2n) is 6.31. The Morgan fingerprint density at radius 1 is 1.36 bits per heavy atom. The van der Waals surface area contributed by atoms with Crippen LogP contribution in [-0.4, -0.2) is 35.5 Å². The summed E-state index contributed by atoms with van der Waals surface area (Å²) >= 11 is 0. The summed E-state index contributed by atoms with van der Waals surface area (Å²) in [5.74, 6) is -1.99. The predicted octanol–water partition coefficient (Wildman–Crippen LogP) is 2.38. The molecule has 1 aromatic carbocycles. The number of phenols is 2. The smallest absolute Gasteiger partial charge is 0.172 e. The molecule has 6 heteroatoms. The molecule has 0 unspecified atom stereocenters. The zero-order valence-electron chi connectivity index (χ0n) is 13.0. The molecule has 6 nitrogen and oxygen atoms in total. The number of rotatable bonds is 1. The average molecular weight is 308 g/mol. The lowest BCUT2D eigenvalue weighted by atomic mass is 9.73. The Bertz CT molecular complexity index is 636. The fourth-order valence-corrected chi connectivity index (χ4v) is 3.27. The van der Waals surface area contributed by atoms with E-state index in [2.05, 4.69) is 0 Å². The Kier molecular flexibility index (Phi) is 3.34. The summed E-state index contributed by atoms with van der Waals surface area (Å²) < 4.78 is 16.7. The van der Waals surface area contributed by atoms with Gasteiger partial charge in [-0.2, -0.15) is 0 Å². The number of hydrogen-bond acceptors (Lipinski definition) is 6. The molecule has 2 N–H and O–H groups in total. The Balaban J connectivity index is 2.27. The molecule has 1 saturated heterocycles. The number of ketones is 1. The van der Waals surface area contributed by atoms with Crippen LogP contribution in [0, 0.1) is 11.8 Å².